The summed E-state index contributed by atoms with van der Waals surface area (Å²) in [6.07, 6.45) is 1.66. The van der Waals surface area contributed by atoms with Gasteiger partial charge in [-0.05, 0) is 24.6 Å². The average Bonchev–Trinajstić information content (AvgIpc) is 3.33. The molecule has 7 heteroatoms. The van der Waals surface area contributed by atoms with Crippen molar-refractivity contribution in [3.05, 3.63) is 108 Å². The highest BCUT2D eigenvalue weighted by Gasteiger charge is 2.25. The van der Waals surface area contributed by atoms with Gasteiger partial charge in [0, 0.05) is 17.8 Å². The molecule has 1 atom stereocenters. The van der Waals surface area contributed by atoms with Gasteiger partial charge in [-0.25, -0.2) is 0 Å². The van der Waals surface area contributed by atoms with Gasteiger partial charge in [-0.15, -0.1) is 0 Å². The highest BCUT2D eigenvalue weighted by Crippen LogP contribution is 2.21. The number of pyridine rings is 1. The fourth-order valence-electron chi connectivity index (χ4n) is 3.17. The summed E-state index contributed by atoms with van der Waals surface area (Å²) in [6, 6.07) is 22.9. The normalized spacial score (nSPS) is 11.5. The van der Waals surface area contributed by atoms with E-state index < -0.39 is 11.9 Å². The first-order valence-corrected chi connectivity index (χ1v) is 10.2. The zero-order chi connectivity index (χ0) is 22.3. The Morgan fingerprint density at radius 1 is 0.969 bits per heavy atom. The molecule has 0 fully saturated rings. The second-order valence-corrected chi connectivity index (χ2v) is 7.30. The molecule has 0 saturated heterocycles. The van der Waals surface area contributed by atoms with E-state index >= 15 is 0 Å². The van der Waals surface area contributed by atoms with Gasteiger partial charge in [-0.2, -0.15) is 0 Å². The smallest absolute Gasteiger partial charge is 0.274 e. The van der Waals surface area contributed by atoms with Crippen molar-refractivity contribution in [1.29, 1.82) is 0 Å². The molecule has 2 aromatic carbocycles. The van der Waals surface area contributed by atoms with E-state index in [4.69, 9.17) is 4.52 Å². The van der Waals surface area contributed by atoms with Crippen LogP contribution < -0.4 is 10.6 Å². The zero-order valence-corrected chi connectivity index (χ0v) is 17.5. The first kappa shape index (κ1) is 21.0. The van der Waals surface area contributed by atoms with Gasteiger partial charge >= 0.3 is 0 Å². The average molecular weight is 426 g/mol. The summed E-state index contributed by atoms with van der Waals surface area (Å²) in [5.74, 6) is -0.377. The minimum atomic E-state index is -0.896. The van der Waals surface area contributed by atoms with Gasteiger partial charge in [-0.1, -0.05) is 71.4 Å². The van der Waals surface area contributed by atoms with E-state index in [-0.39, 0.29) is 18.1 Å². The van der Waals surface area contributed by atoms with Crippen LogP contribution >= 0.6 is 0 Å². The number of carbonyl (C=O) groups excluding carboxylic acids is 2. The third-order valence-corrected chi connectivity index (χ3v) is 4.92. The Bertz CT molecular complexity index is 1190. The highest BCUT2D eigenvalue weighted by molar-refractivity contribution is 5.97. The second-order valence-electron chi connectivity index (χ2n) is 7.30. The lowest BCUT2D eigenvalue weighted by Crippen LogP contribution is -2.40. The number of hydrogen-bond donors (Lipinski definition) is 2. The summed E-state index contributed by atoms with van der Waals surface area (Å²) in [7, 11) is 0. The Balaban J connectivity index is 1.50. The van der Waals surface area contributed by atoms with Gasteiger partial charge in [0.2, 0.25) is 5.91 Å². The third kappa shape index (κ3) is 5.07. The largest absolute Gasteiger partial charge is 0.355 e. The molecule has 4 aromatic rings. The van der Waals surface area contributed by atoms with Crippen molar-refractivity contribution in [2.45, 2.75) is 19.5 Å². The van der Waals surface area contributed by atoms with E-state index in [9.17, 15) is 9.59 Å². The Hall–Kier alpha value is -4.26. The van der Waals surface area contributed by atoms with Gasteiger partial charge in [0.1, 0.15) is 6.04 Å². The fraction of sp³-hybridized carbons (Fsp3) is 0.120. The number of aromatic nitrogens is 2. The van der Waals surface area contributed by atoms with Crippen LogP contribution in [0.15, 0.2) is 89.6 Å². The molecule has 0 saturated carbocycles. The van der Waals surface area contributed by atoms with E-state index in [0.29, 0.717) is 11.3 Å². The molecular formula is C25H22N4O3. The van der Waals surface area contributed by atoms with Crippen LogP contribution in [0.4, 0.5) is 0 Å². The first-order chi connectivity index (χ1) is 15.6. The van der Waals surface area contributed by atoms with Crippen LogP contribution in [0.1, 0.15) is 33.4 Å². The van der Waals surface area contributed by atoms with Crippen molar-refractivity contribution in [3.63, 3.8) is 0 Å². The molecule has 32 heavy (non-hydrogen) atoms. The summed E-state index contributed by atoms with van der Waals surface area (Å²) < 4.78 is 5.35. The Morgan fingerprint density at radius 2 is 1.72 bits per heavy atom. The number of amides is 2. The second kappa shape index (κ2) is 9.70. The van der Waals surface area contributed by atoms with E-state index in [1.165, 1.54) is 0 Å². The van der Waals surface area contributed by atoms with Crippen molar-refractivity contribution in [1.82, 2.24) is 20.8 Å². The van der Waals surface area contributed by atoms with Crippen LogP contribution in [0.5, 0.6) is 0 Å². The maximum Gasteiger partial charge on any atom is 0.274 e. The van der Waals surface area contributed by atoms with Crippen molar-refractivity contribution in [3.8, 4) is 11.3 Å². The molecule has 2 amide bonds. The molecule has 0 spiro atoms. The molecule has 0 aliphatic rings. The molecule has 2 aromatic heterocycles. The van der Waals surface area contributed by atoms with E-state index in [1.807, 2.05) is 61.5 Å². The van der Waals surface area contributed by atoms with Gasteiger partial charge in [0.25, 0.3) is 5.91 Å². The summed E-state index contributed by atoms with van der Waals surface area (Å²) >= 11 is 0. The van der Waals surface area contributed by atoms with E-state index in [0.717, 1.165) is 16.8 Å². The van der Waals surface area contributed by atoms with Gasteiger partial charge < -0.3 is 15.2 Å². The van der Waals surface area contributed by atoms with Gasteiger partial charge in [-0.3, -0.25) is 14.6 Å². The molecule has 4 rings (SSSR count). The van der Waals surface area contributed by atoms with Crippen LogP contribution in [0, 0.1) is 6.92 Å². The highest BCUT2D eigenvalue weighted by atomic mass is 16.5. The SMILES string of the molecule is Cc1ccc(-c2cc(C(=O)NC(C(=O)NCc3ccccn3)c3ccccc3)no2)cc1. The molecule has 160 valence electrons. The number of nitrogens with zero attached hydrogens (tertiary/aromatic N) is 2. The number of hydrogen-bond acceptors (Lipinski definition) is 5. The number of benzene rings is 2. The maximum absolute atomic E-state index is 12.9. The molecule has 0 bridgehead atoms. The summed E-state index contributed by atoms with van der Waals surface area (Å²) in [5, 5.41) is 9.48. The zero-order valence-electron chi connectivity index (χ0n) is 17.5. The van der Waals surface area contributed by atoms with E-state index in [2.05, 4.69) is 20.8 Å². The monoisotopic (exact) mass is 426 g/mol. The molecule has 0 radical (unpaired) electrons. The maximum atomic E-state index is 12.9. The molecule has 0 aliphatic heterocycles. The van der Waals surface area contributed by atoms with Crippen LogP contribution in [-0.2, 0) is 11.3 Å². The van der Waals surface area contributed by atoms with Gasteiger partial charge in [0.05, 0.1) is 12.2 Å². The van der Waals surface area contributed by atoms with Crippen LogP contribution in [0.25, 0.3) is 11.3 Å². The minimum absolute atomic E-state index is 0.0963. The van der Waals surface area contributed by atoms with Crippen LogP contribution in [0.2, 0.25) is 0 Å². The standard InChI is InChI=1S/C25H22N4O3/c1-17-10-12-18(13-11-17)22-15-21(29-32-22)24(30)28-23(19-7-3-2-4-8-19)25(31)27-16-20-9-5-6-14-26-20/h2-15,23H,16H2,1H3,(H,27,31)(H,28,30). The molecule has 0 aliphatic carbocycles. The van der Waals surface area contributed by atoms with E-state index in [1.54, 1.807) is 30.5 Å². The molecule has 2 N–H and O–H groups in total. The summed E-state index contributed by atoms with van der Waals surface area (Å²) in [6.45, 7) is 2.24. The predicted octanol–water partition coefficient (Wildman–Crippen LogP) is 3.83. The number of aryl methyl sites for hydroxylation is 1. The Labute approximate surface area is 185 Å². The van der Waals surface area contributed by atoms with Crippen molar-refractivity contribution in [2.24, 2.45) is 0 Å². The molecular weight excluding hydrogens is 404 g/mol. The Morgan fingerprint density at radius 3 is 2.44 bits per heavy atom. The lowest BCUT2D eigenvalue weighted by molar-refractivity contribution is -0.123. The molecule has 2 heterocycles. The molecule has 7 nitrogen and oxygen atoms in total. The lowest BCUT2D eigenvalue weighted by atomic mass is 10.1. The first-order valence-electron chi connectivity index (χ1n) is 10.2. The Kier molecular flexibility index (Phi) is 6.36. The van der Waals surface area contributed by atoms with Crippen molar-refractivity contribution in [2.75, 3.05) is 0 Å². The minimum Gasteiger partial charge on any atom is -0.355 e. The van der Waals surface area contributed by atoms with Crippen LogP contribution in [0.3, 0.4) is 0 Å². The number of rotatable bonds is 7. The fourth-order valence-corrected chi connectivity index (χ4v) is 3.17. The number of nitrogens with one attached hydrogen (secondary N) is 2. The van der Waals surface area contributed by atoms with Crippen molar-refractivity contribution >= 4 is 11.8 Å². The number of carbonyl (C=O) groups is 2. The summed E-state index contributed by atoms with van der Waals surface area (Å²) in [5.41, 5.74) is 3.40. The molecule has 1 unspecified atom stereocenters. The lowest BCUT2D eigenvalue weighted by Gasteiger charge is -2.18. The van der Waals surface area contributed by atoms with Crippen LogP contribution in [-0.4, -0.2) is 22.0 Å². The topological polar surface area (TPSA) is 97.1 Å². The van der Waals surface area contributed by atoms with Crippen molar-refractivity contribution < 1.29 is 14.1 Å². The quantitative estimate of drug-likeness (QED) is 0.468. The third-order valence-electron chi connectivity index (χ3n) is 4.92. The van der Waals surface area contributed by atoms with Gasteiger partial charge in [0.15, 0.2) is 11.5 Å². The summed E-state index contributed by atoms with van der Waals surface area (Å²) in [4.78, 5) is 30.0. The predicted molar refractivity (Wildman–Crippen MR) is 119 cm³/mol.